The van der Waals surface area contributed by atoms with Crippen LogP contribution in [0, 0.1) is 6.92 Å². The number of rotatable bonds is 3. The van der Waals surface area contributed by atoms with E-state index in [0.717, 1.165) is 30.6 Å². The highest BCUT2D eigenvalue weighted by Crippen LogP contribution is 2.40. The second-order valence-corrected chi connectivity index (χ2v) is 5.84. The average molecular weight is 279 g/mol. The minimum atomic E-state index is -0.355. The third kappa shape index (κ3) is 2.25. The van der Waals surface area contributed by atoms with E-state index in [4.69, 9.17) is 0 Å². The van der Waals surface area contributed by atoms with Crippen molar-refractivity contribution in [2.24, 2.45) is 0 Å². The Morgan fingerprint density at radius 1 is 1.05 bits per heavy atom. The van der Waals surface area contributed by atoms with Crippen molar-refractivity contribution in [3.8, 4) is 0 Å². The maximum Gasteiger partial charge on any atom is 0.237 e. The number of aryl methyl sites for hydroxylation is 1. The molecule has 21 heavy (non-hydrogen) atoms. The lowest BCUT2D eigenvalue weighted by Crippen LogP contribution is -2.37. The van der Waals surface area contributed by atoms with Gasteiger partial charge in [0.15, 0.2) is 0 Å². The summed E-state index contributed by atoms with van der Waals surface area (Å²) in [6.45, 7) is 4.98. The summed E-state index contributed by atoms with van der Waals surface area (Å²) in [4.78, 5) is 15.0. The molecule has 0 radical (unpaired) electrons. The molecule has 1 unspecified atom stereocenters. The normalized spacial score (nSPS) is 21.8. The highest BCUT2D eigenvalue weighted by molar-refractivity contribution is 6.03. The molecule has 1 saturated heterocycles. The molecule has 2 aromatic rings. The summed E-state index contributed by atoms with van der Waals surface area (Å²) in [6, 6.07) is 18.4. The molecule has 0 spiro atoms. The second kappa shape index (κ2) is 5.36. The van der Waals surface area contributed by atoms with Crippen molar-refractivity contribution in [3.05, 3.63) is 65.7 Å². The molecule has 0 bridgehead atoms. The average Bonchev–Trinajstić information content (AvgIpc) is 2.87. The van der Waals surface area contributed by atoms with Gasteiger partial charge in [0, 0.05) is 12.2 Å². The van der Waals surface area contributed by atoms with Crippen LogP contribution in [0.3, 0.4) is 0 Å². The largest absolute Gasteiger partial charge is 0.312 e. The summed E-state index contributed by atoms with van der Waals surface area (Å²) >= 11 is 0. The van der Waals surface area contributed by atoms with E-state index < -0.39 is 0 Å². The molecule has 1 aliphatic heterocycles. The number of anilines is 1. The van der Waals surface area contributed by atoms with Crippen molar-refractivity contribution < 1.29 is 4.79 Å². The van der Waals surface area contributed by atoms with E-state index >= 15 is 0 Å². The van der Waals surface area contributed by atoms with E-state index in [2.05, 4.69) is 38.1 Å². The molecule has 0 saturated carbocycles. The van der Waals surface area contributed by atoms with Crippen LogP contribution in [0.25, 0.3) is 0 Å². The fraction of sp³-hybridized carbons (Fsp3) is 0.316. The monoisotopic (exact) mass is 279 g/mol. The van der Waals surface area contributed by atoms with Gasteiger partial charge >= 0.3 is 0 Å². The number of carbonyl (C=O) groups excluding carboxylic acids is 1. The van der Waals surface area contributed by atoms with Crippen molar-refractivity contribution >= 4 is 11.6 Å². The predicted molar refractivity (Wildman–Crippen MR) is 86.6 cm³/mol. The van der Waals surface area contributed by atoms with E-state index in [9.17, 15) is 4.79 Å². The second-order valence-electron chi connectivity index (χ2n) is 5.84. The molecule has 1 aliphatic rings. The zero-order valence-corrected chi connectivity index (χ0v) is 12.7. The molecule has 3 rings (SSSR count). The molecular formula is C19H21NO. The van der Waals surface area contributed by atoms with E-state index in [1.54, 1.807) is 0 Å². The minimum absolute atomic E-state index is 0.236. The standard InChI is InChI=1S/C19H21NO/c1-3-19(16-7-5-4-6-8-16)13-14-20(18(19)21)17-11-9-15(2)10-12-17/h4-12H,3,13-14H2,1-2H3. The van der Waals surface area contributed by atoms with Gasteiger partial charge in [0.1, 0.15) is 0 Å². The Kier molecular flexibility index (Phi) is 3.54. The summed E-state index contributed by atoms with van der Waals surface area (Å²) in [6.07, 6.45) is 1.73. The minimum Gasteiger partial charge on any atom is -0.312 e. The smallest absolute Gasteiger partial charge is 0.237 e. The summed E-state index contributed by atoms with van der Waals surface area (Å²) in [5.41, 5.74) is 3.02. The first-order chi connectivity index (χ1) is 10.2. The Hall–Kier alpha value is -2.09. The van der Waals surface area contributed by atoms with Gasteiger partial charge in [-0.15, -0.1) is 0 Å². The van der Waals surface area contributed by atoms with Crippen LogP contribution in [0.4, 0.5) is 5.69 Å². The van der Waals surface area contributed by atoms with Crippen molar-refractivity contribution in [3.63, 3.8) is 0 Å². The number of hydrogen-bond donors (Lipinski definition) is 0. The predicted octanol–water partition coefficient (Wildman–Crippen LogP) is 4.08. The quantitative estimate of drug-likeness (QED) is 0.829. The van der Waals surface area contributed by atoms with Gasteiger partial charge in [0.2, 0.25) is 5.91 Å². The first-order valence-electron chi connectivity index (χ1n) is 7.61. The SMILES string of the molecule is CCC1(c2ccccc2)CCN(c2ccc(C)cc2)C1=O. The Bertz CT molecular complexity index is 632. The van der Waals surface area contributed by atoms with Gasteiger partial charge in [-0.1, -0.05) is 55.0 Å². The molecular weight excluding hydrogens is 258 g/mol. The molecule has 108 valence electrons. The Labute approximate surface area is 126 Å². The lowest BCUT2D eigenvalue weighted by atomic mass is 9.77. The molecule has 1 heterocycles. The molecule has 0 aromatic heterocycles. The van der Waals surface area contributed by atoms with E-state index in [0.29, 0.717) is 0 Å². The van der Waals surface area contributed by atoms with Crippen molar-refractivity contribution in [2.45, 2.75) is 32.1 Å². The first kappa shape index (κ1) is 13.9. The van der Waals surface area contributed by atoms with Crippen LogP contribution in [-0.4, -0.2) is 12.5 Å². The van der Waals surface area contributed by atoms with Gasteiger partial charge in [-0.05, 0) is 37.5 Å². The highest BCUT2D eigenvalue weighted by Gasteiger charge is 2.46. The maximum absolute atomic E-state index is 13.1. The Morgan fingerprint density at radius 2 is 1.71 bits per heavy atom. The van der Waals surface area contributed by atoms with Crippen molar-refractivity contribution in [1.82, 2.24) is 0 Å². The molecule has 2 heteroatoms. The molecule has 1 amide bonds. The number of hydrogen-bond acceptors (Lipinski definition) is 1. The fourth-order valence-electron chi connectivity index (χ4n) is 3.30. The summed E-state index contributed by atoms with van der Waals surface area (Å²) in [5, 5.41) is 0. The molecule has 0 N–H and O–H groups in total. The lowest BCUT2D eigenvalue weighted by molar-refractivity contribution is -0.122. The van der Waals surface area contributed by atoms with Crippen LogP contribution in [0.1, 0.15) is 30.9 Å². The molecule has 1 fully saturated rings. The first-order valence-corrected chi connectivity index (χ1v) is 7.61. The third-order valence-electron chi connectivity index (χ3n) is 4.69. The maximum atomic E-state index is 13.1. The number of amides is 1. The number of benzene rings is 2. The van der Waals surface area contributed by atoms with Gasteiger partial charge in [0.25, 0.3) is 0 Å². The van der Waals surface area contributed by atoms with Gasteiger partial charge < -0.3 is 4.90 Å². The van der Waals surface area contributed by atoms with Crippen LogP contribution in [0.15, 0.2) is 54.6 Å². The third-order valence-corrected chi connectivity index (χ3v) is 4.69. The number of carbonyl (C=O) groups is 1. The summed E-state index contributed by atoms with van der Waals surface area (Å²) in [5.74, 6) is 0.236. The van der Waals surface area contributed by atoms with E-state index in [-0.39, 0.29) is 11.3 Å². The Balaban J connectivity index is 1.96. The zero-order chi connectivity index (χ0) is 14.9. The zero-order valence-electron chi connectivity index (χ0n) is 12.7. The number of nitrogens with zero attached hydrogens (tertiary/aromatic N) is 1. The van der Waals surface area contributed by atoms with Gasteiger partial charge in [-0.25, -0.2) is 0 Å². The summed E-state index contributed by atoms with van der Waals surface area (Å²) < 4.78 is 0. The molecule has 2 aromatic carbocycles. The molecule has 0 aliphatic carbocycles. The van der Waals surface area contributed by atoms with Gasteiger partial charge in [-0.3, -0.25) is 4.79 Å². The van der Waals surface area contributed by atoms with Crippen LogP contribution in [0.2, 0.25) is 0 Å². The molecule has 1 atom stereocenters. The lowest BCUT2D eigenvalue weighted by Gasteiger charge is -2.27. The van der Waals surface area contributed by atoms with E-state index in [1.807, 2.05) is 35.2 Å². The van der Waals surface area contributed by atoms with E-state index in [1.165, 1.54) is 5.56 Å². The van der Waals surface area contributed by atoms with Gasteiger partial charge in [0.05, 0.1) is 5.41 Å². The Morgan fingerprint density at radius 3 is 2.33 bits per heavy atom. The van der Waals surface area contributed by atoms with Crippen LogP contribution >= 0.6 is 0 Å². The van der Waals surface area contributed by atoms with Crippen LogP contribution in [-0.2, 0) is 10.2 Å². The van der Waals surface area contributed by atoms with Crippen molar-refractivity contribution in [2.75, 3.05) is 11.4 Å². The molecule has 2 nitrogen and oxygen atoms in total. The van der Waals surface area contributed by atoms with Crippen LogP contribution in [0.5, 0.6) is 0 Å². The van der Waals surface area contributed by atoms with Crippen LogP contribution < -0.4 is 4.90 Å². The van der Waals surface area contributed by atoms with Gasteiger partial charge in [-0.2, -0.15) is 0 Å². The fourth-order valence-corrected chi connectivity index (χ4v) is 3.30. The highest BCUT2D eigenvalue weighted by atomic mass is 16.2. The van der Waals surface area contributed by atoms with Crippen molar-refractivity contribution in [1.29, 1.82) is 0 Å². The summed E-state index contributed by atoms with van der Waals surface area (Å²) in [7, 11) is 0. The topological polar surface area (TPSA) is 20.3 Å².